The molecule has 0 N–H and O–H groups in total. The van der Waals surface area contributed by atoms with E-state index in [1.165, 1.54) is 48.5 Å². The Hall–Kier alpha value is -2.61. The summed E-state index contributed by atoms with van der Waals surface area (Å²) in [6.45, 7) is 2.05. The van der Waals surface area contributed by atoms with E-state index in [2.05, 4.69) is 4.90 Å². The van der Waals surface area contributed by atoms with Crippen molar-refractivity contribution in [3.05, 3.63) is 58.6 Å². The molecule has 3 rings (SSSR count). The molecule has 0 atom stereocenters. The van der Waals surface area contributed by atoms with Gasteiger partial charge in [-0.25, -0.2) is 8.42 Å². The van der Waals surface area contributed by atoms with Crippen molar-refractivity contribution in [2.24, 2.45) is 0 Å². The summed E-state index contributed by atoms with van der Waals surface area (Å²) in [5.74, 6) is 0. The highest BCUT2D eigenvalue weighted by Gasteiger charge is 2.22. The molecule has 7 nitrogen and oxygen atoms in total. The van der Waals surface area contributed by atoms with Gasteiger partial charge < -0.3 is 4.90 Å². The smallest absolute Gasteiger partial charge is 0.269 e. The normalized spacial score (nSPS) is 14.5. The summed E-state index contributed by atoms with van der Waals surface area (Å²) in [6, 6.07) is 12.3. The average molecular weight is 361 g/mol. The Morgan fingerprint density at radius 1 is 1.00 bits per heavy atom. The van der Waals surface area contributed by atoms with Crippen LogP contribution in [-0.2, 0) is 10.0 Å². The number of benzene rings is 2. The summed E-state index contributed by atoms with van der Waals surface area (Å²) >= 11 is 0. The van der Waals surface area contributed by atoms with Crippen LogP contribution in [0.2, 0.25) is 0 Å². The van der Waals surface area contributed by atoms with Crippen LogP contribution in [0.1, 0.15) is 12.8 Å². The van der Waals surface area contributed by atoms with E-state index in [0.717, 1.165) is 18.8 Å². The van der Waals surface area contributed by atoms with Crippen molar-refractivity contribution in [1.29, 1.82) is 0 Å². The van der Waals surface area contributed by atoms with Gasteiger partial charge in [0.2, 0.25) is 0 Å². The van der Waals surface area contributed by atoms with Crippen molar-refractivity contribution in [2.75, 3.05) is 29.3 Å². The highest BCUT2D eigenvalue weighted by Crippen LogP contribution is 2.27. The Balaban J connectivity index is 1.82. The van der Waals surface area contributed by atoms with E-state index >= 15 is 0 Å². The average Bonchev–Trinajstić information content (AvgIpc) is 3.16. The van der Waals surface area contributed by atoms with Crippen LogP contribution >= 0.6 is 0 Å². The Morgan fingerprint density at radius 3 is 2.08 bits per heavy atom. The minimum absolute atomic E-state index is 0.0178. The summed E-state index contributed by atoms with van der Waals surface area (Å²) < 4.78 is 26.6. The number of nitrogens with zero attached hydrogens (tertiary/aromatic N) is 3. The van der Waals surface area contributed by atoms with Crippen LogP contribution in [0.15, 0.2) is 53.4 Å². The van der Waals surface area contributed by atoms with Gasteiger partial charge >= 0.3 is 0 Å². The second kappa shape index (κ2) is 6.72. The van der Waals surface area contributed by atoms with Crippen LogP contribution in [0.4, 0.5) is 17.1 Å². The fourth-order valence-corrected chi connectivity index (χ4v) is 4.08. The second-order valence-corrected chi connectivity index (χ2v) is 7.90. The standard InChI is InChI=1S/C17H19N3O4S/c1-18(14-4-6-15(7-5-14)19-12-2-3-13-19)25(23,24)17-10-8-16(9-11-17)20(21)22/h4-11H,2-3,12-13H2,1H3. The number of non-ortho nitro benzene ring substituents is 1. The molecule has 1 fully saturated rings. The summed E-state index contributed by atoms with van der Waals surface area (Å²) in [5.41, 5.74) is 1.49. The molecule has 2 aromatic rings. The maximum Gasteiger partial charge on any atom is 0.269 e. The zero-order valence-electron chi connectivity index (χ0n) is 13.8. The van der Waals surface area contributed by atoms with E-state index in [1.54, 1.807) is 12.1 Å². The third-order valence-electron chi connectivity index (χ3n) is 4.39. The third-order valence-corrected chi connectivity index (χ3v) is 6.19. The summed E-state index contributed by atoms with van der Waals surface area (Å²) in [6.07, 6.45) is 2.35. The lowest BCUT2D eigenvalue weighted by atomic mass is 10.2. The van der Waals surface area contributed by atoms with Crippen molar-refractivity contribution in [1.82, 2.24) is 0 Å². The highest BCUT2D eigenvalue weighted by atomic mass is 32.2. The molecule has 0 bridgehead atoms. The summed E-state index contributed by atoms with van der Waals surface area (Å²) in [5, 5.41) is 10.7. The van der Waals surface area contributed by atoms with Gasteiger partial charge in [-0.05, 0) is 49.2 Å². The van der Waals surface area contributed by atoms with Gasteiger partial charge in [0.1, 0.15) is 0 Å². The van der Waals surface area contributed by atoms with Crippen LogP contribution in [0.5, 0.6) is 0 Å². The van der Waals surface area contributed by atoms with Crippen molar-refractivity contribution < 1.29 is 13.3 Å². The molecule has 1 saturated heterocycles. The van der Waals surface area contributed by atoms with E-state index in [0.29, 0.717) is 5.69 Å². The second-order valence-electron chi connectivity index (χ2n) is 5.93. The van der Waals surface area contributed by atoms with Crippen LogP contribution in [0.3, 0.4) is 0 Å². The lowest BCUT2D eigenvalue weighted by Gasteiger charge is -2.22. The molecule has 8 heteroatoms. The number of sulfonamides is 1. The largest absolute Gasteiger partial charge is 0.372 e. The van der Waals surface area contributed by atoms with Gasteiger partial charge in [0.25, 0.3) is 15.7 Å². The number of nitro groups is 1. The molecule has 0 amide bonds. The lowest BCUT2D eigenvalue weighted by Crippen LogP contribution is -2.26. The molecule has 1 heterocycles. The summed E-state index contributed by atoms with van der Waals surface area (Å²) in [7, 11) is -2.30. The Morgan fingerprint density at radius 2 is 1.56 bits per heavy atom. The maximum atomic E-state index is 12.7. The van der Waals surface area contributed by atoms with Crippen LogP contribution in [0, 0.1) is 10.1 Å². The third kappa shape index (κ3) is 3.43. The van der Waals surface area contributed by atoms with Gasteiger partial charge in [0, 0.05) is 38.0 Å². The number of hydrogen-bond donors (Lipinski definition) is 0. The van der Waals surface area contributed by atoms with Gasteiger partial charge in [-0.2, -0.15) is 0 Å². The topological polar surface area (TPSA) is 83.8 Å². The predicted octanol–water partition coefficient (Wildman–Crippen LogP) is 3.02. The minimum Gasteiger partial charge on any atom is -0.372 e. The van der Waals surface area contributed by atoms with Crippen molar-refractivity contribution in [3.8, 4) is 0 Å². The molecule has 0 spiro atoms. The van der Waals surface area contributed by atoms with E-state index in [9.17, 15) is 18.5 Å². The van der Waals surface area contributed by atoms with Crippen LogP contribution in [-0.4, -0.2) is 33.5 Å². The fourth-order valence-electron chi connectivity index (χ4n) is 2.89. The zero-order valence-corrected chi connectivity index (χ0v) is 14.6. The van der Waals surface area contributed by atoms with E-state index in [-0.39, 0.29) is 10.6 Å². The molecule has 0 aliphatic carbocycles. The Labute approximate surface area is 146 Å². The number of anilines is 2. The van der Waals surface area contributed by atoms with Crippen LogP contribution in [0.25, 0.3) is 0 Å². The summed E-state index contributed by atoms with van der Waals surface area (Å²) in [4.78, 5) is 12.4. The molecule has 132 valence electrons. The van der Waals surface area contributed by atoms with E-state index < -0.39 is 14.9 Å². The molecule has 0 unspecified atom stereocenters. The number of hydrogen-bond acceptors (Lipinski definition) is 5. The van der Waals surface area contributed by atoms with Gasteiger partial charge in [-0.15, -0.1) is 0 Å². The molecular formula is C17H19N3O4S. The Bertz CT molecular complexity index is 858. The zero-order chi connectivity index (χ0) is 18.0. The van der Waals surface area contributed by atoms with Gasteiger partial charge in [-0.1, -0.05) is 0 Å². The van der Waals surface area contributed by atoms with Gasteiger partial charge in [0.15, 0.2) is 0 Å². The molecule has 2 aromatic carbocycles. The molecule has 0 aromatic heterocycles. The highest BCUT2D eigenvalue weighted by molar-refractivity contribution is 7.92. The van der Waals surface area contributed by atoms with Crippen molar-refractivity contribution in [3.63, 3.8) is 0 Å². The molecule has 1 aliphatic rings. The number of rotatable bonds is 5. The lowest BCUT2D eigenvalue weighted by molar-refractivity contribution is -0.384. The van der Waals surface area contributed by atoms with Crippen molar-refractivity contribution >= 4 is 27.1 Å². The van der Waals surface area contributed by atoms with Crippen molar-refractivity contribution in [2.45, 2.75) is 17.7 Å². The first-order valence-electron chi connectivity index (χ1n) is 7.98. The molecular weight excluding hydrogens is 342 g/mol. The first kappa shape index (κ1) is 17.2. The van der Waals surface area contributed by atoms with Gasteiger partial charge in [0.05, 0.1) is 15.5 Å². The number of nitro benzene ring substituents is 1. The first-order valence-corrected chi connectivity index (χ1v) is 9.42. The fraction of sp³-hybridized carbons (Fsp3) is 0.294. The molecule has 1 aliphatic heterocycles. The minimum atomic E-state index is -3.77. The van der Waals surface area contributed by atoms with E-state index in [1.807, 2.05) is 12.1 Å². The predicted molar refractivity (Wildman–Crippen MR) is 96.6 cm³/mol. The van der Waals surface area contributed by atoms with Gasteiger partial charge in [-0.3, -0.25) is 14.4 Å². The molecule has 0 radical (unpaired) electrons. The Kier molecular flexibility index (Phi) is 4.63. The van der Waals surface area contributed by atoms with E-state index in [4.69, 9.17) is 0 Å². The van der Waals surface area contributed by atoms with Crippen LogP contribution < -0.4 is 9.21 Å². The maximum absolute atomic E-state index is 12.7. The monoisotopic (exact) mass is 361 g/mol. The quantitative estimate of drug-likeness (QED) is 0.604. The molecule has 0 saturated carbocycles. The first-order chi connectivity index (χ1) is 11.9. The molecule has 25 heavy (non-hydrogen) atoms. The SMILES string of the molecule is CN(c1ccc(N2CCCC2)cc1)S(=O)(=O)c1ccc([N+](=O)[O-])cc1.